The largest absolute Gasteiger partial charge is 0.233 e. The van der Waals surface area contributed by atoms with E-state index in [0.717, 1.165) is 12.5 Å². The summed E-state index contributed by atoms with van der Waals surface area (Å²) in [5.41, 5.74) is 0.396. The summed E-state index contributed by atoms with van der Waals surface area (Å²) in [7, 11) is 0. The smallest absolute Gasteiger partial charge is 0.128 e. The summed E-state index contributed by atoms with van der Waals surface area (Å²) in [6, 6.07) is 0. The van der Waals surface area contributed by atoms with Crippen molar-refractivity contribution in [2.45, 2.75) is 19.8 Å². The van der Waals surface area contributed by atoms with E-state index in [-0.39, 0.29) is 0 Å². The SMILES string of the molecule is CCCC(=C=O)C=C=O. The van der Waals surface area contributed by atoms with Gasteiger partial charge in [0.1, 0.15) is 11.9 Å². The molecular formula is C7H8O2. The third-order valence-electron chi connectivity index (χ3n) is 0.884. The Labute approximate surface area is 53.9 Å². The molecule has 0 aromatic rings. The highest BCUT2D eigenvalue weighted by atomic mass is 16.1. The van der Waals surface area contributed by atoms with Crippen LogP contribution in [0.1, 0.15) is 19.8 Å². The van der Waals surface area contributed by atoms with Crippen LogP contribution in [0.5, 0.6) is 0 Å². The second-order valence-corrected chi connectivity index (χ2v) is 1.64. The third-order valence-corrected chi connectivity index (χ3v) is 0.884. The van der Waals surface area contributed by atoms with E-state index in [9.17, 15) is 9.59 Å². The standard InChI is InChI=1S/C7H8O2/c1-2-3-7(6-9)4-5-8/h4H,2-3H2,1H3. The van der Waals surface area contributed by atoms with Crippen LogP contribution in [0, 0.1) is 0 Å². The van der Waals surface area contributed by atoms with Gasteiger partial charge in [0.15, 0.2) is 0 Å². The Hall–Kier alpha value is -1.10. The van der Waals surface area contributed by atoms with Gasteiger partial charge in [0.2, 0.25) is 0 Å². The van der Waals surface area contributed by atoms with Crippen LogP contribution in [-0.4, -0.2) is 11.9 Å². The van der Waals surface area contributed by atoms with Crippen LogP contribution in [0.3, 0.4) is 0 Å². The number of rotatable bonds is 3. The zero-order valence-electron chi connectivity index (χ0n) is 5.31. The average molecular weight is 124 g/mol. The Bertz CT molecular complexity index is 169. The fraction of sp³-hybridized carbons (Fsp3) is 0.429. The second-order valence-electron chi connectivity index (χ2n) is 1.64. The molecule has 0 saturated heterocycles. The maximum absolute atomic E-state index is 9.91. The van der Waals surface area contributed by atoms with Gasteiger partial charge in [0.05, 0.1) is 0 Å². The Morgan fingerprint density at radius 3 is 2.56 bits per heavy atom. The van der Waals surface area contributed by atoms with E-state index in [1.54, 1.807) is 5.94 Å². The maximum Gasteiger partial charge on any atom is 0.128 e. The molecule has 0 atom stereocenters. The van der Waals surface area contributed by atoms with Gasteiger partial charge in [-0.05, 0) is 6.42 Å². The lowest BCUT2D eigenvalue weighted by atomic mass is 10.2. The lowest BCUT2D eigenvalue weighted by Crippen LogP contribution is -1.77. The van der Waals surface area contributed by atoms with E-state index in [4.69, 9.17) is 0 Å². The van der Waals surface area contributed by atoms with Crippen LogP contribution in [0.2, 0.25) is 0 Å². The van der Waals surface area contributed by atoms with Crippen molar-refractivity contribution in [3.8, 4) is 0 Å². The van der Waals surface area contributed by atoms with Gasteiger partial charge >= 0.3 is 0 Å². The van der Waals surface area contributed by atoms with Gasteiger partial charge in [-0.25, -0.2) is 9.59 Å². The molecule has 0 spiro atoms. The molecular weight excluding hydrogens is 116 g/mol. The topological polar surface area (TPSA) is 34.1 Å². The molecule has 0 amide bonds. The number of hydrogen-bond donors (Lipinski definition) is 0. The highest BCUT2D eigenvalue weighted by Crippen LogP contribution is 1.98. The number of allylic oxidation sites excluding steroid dienone is 2. The highest BCUT2D eigenvalue weighted by molar-refractivity contribution is 5.65. The fourth-order valence-corrected chi connectivity index (χ4v) is 0.493. The van der Waals surface area contributed by atoms with Crippen LogP contribution in [0.4, 0.5) is 0 Å². The van der Waals surface area contributed by atoms with E-state index in [1.165, 1.54) is 5.94 Å². The summed E-state index contributed by atoms with van der Waals surface area (Å²) in [6.07, 6.45) is 2.58. The molecule has 2 heteroatoms. The van der Waals surface area contributed by atoms with Crippen molar-refractivity contribution < 1.29 is 9.59 Å². The van der Waals surface area contributed by atoms with Crippen molar-refractivity contribution in [1.29, 1.82) is 0 Å². The van der Waals surface area contributed by atoms with Crippen LogP contribution in [0.15, 0.2) is 11.6 Å². The lowest BCUT2D eigenvalue weighted by Gasteiger charge is -1.85. The normalized spacial score (nSPS) is 7.22. The minimum atomic E-state index is 0.396. The third kappa shape index (κ3) is 3.48. The van der Waals surface area contributed by atoms with Gasteiger partial charge in [-0.3, -0.25) is 0 Å². The summed E-state index contributed by atoms with van der Waals surface area (Å²) >= 11 is 0. The summed E-state index contributed by atoms with van der Waals surface area (Å²) < 4.78 is 0. The Kier molecular flexibility index (Phi) is 4.43. The quantitative estimate of drug-likeness (QED) is 0.414. The van der Waals surface area contributed by atoms with Gasteiger partial charge < -0.3 is 0 Å². The van der Waals surface area contributed by atoms with E-state index < -0.39 is 0 Å². The molecule has 0 saturated carbocycles. The molecule has 0 heterocycles. The molecule has 0 radical (unpaired) electrons. The molecule has 0 fully saturated rings. The molecule has 0 bridgehead atoms. The van der Waals surface area contributed by atoms with Gasteiger partial charge in [0, 0.05) is 11.6 Å². The molecule has 0 rings (SSSR count). The molecule has 0 aliphatic rings. The Morgan fingerprint density at radius 2 is 2.22 bits per heavy atom. The first-order valence-corrected chi connectivity index (χ1v) is 2.80. The molecule has 0 aliphatic heterocycles. The summed E-state index contributed by atoms with van der Waals surface area (Å²) in [5.74, 6) is 3.18. The molecule has 0 N–H and O–H groups in total. The molecule has 48 valence electrons. The minimum absolute atomic E-state index is 0.396. The van der Waals surface area contributed by atoms with E-state index in [1.807, 2.05) is 6.92 Å². The van der Waals surface area contributed by atoms with Crippen LogP contribution in [0.25, 0.3) is 0 Å². The molecule has 0 aliphatic carbocycles. The molecule has 2 nitrogen and oxygen atoms in total. The predicted octanol–water partition coefficient (Wildman–Crippen LogP) is 0.932. The van der Waals surface area contributed by atoms with E-state index in [0.29, 0.717) is 12.0 Å². The van der Waals surface area contributed by atoms with Gasteiger partial charge in [-0.2, -0.15) is 0 Å². The minimum Gasteiger partial charge on any atom is -0.233 e. The van der Waals surface area contributed by atoms with Crippen LogP contribution >= 0.6 is 0 Å². The highest BCUT2D eigenvalue weighted by Gasteiger charge is 1.88. The molecule has 0 aromatic heterocycles. The molecule has 0 unspecified atom stereocenters. The fourth-order valence-electron chi connectivity index (χ4n) is 0.493. The van der Waals surface area contributed by atoms with E-state index in [2.05, 4.69) is 0 Å². The van der Waals surface area contributed by atoms with Gasteiger partial charge in [-0.15, -0.1) is 0 Å². The number of hydrogen-bond acceptors (Lipinski definition) is 2. The first kappa shape index (κ1) is 7.90. The van der Waals surface area contributed by atoms with E-state index >= 15 is 0 Å². The Balaban J connectivity index is 4.01. The second kappa shape index (κ2) is 5.04. The zero-order valence-corrected chi connectivity index (χ0v) is 5.31. The summed E-state index contributed by atoms with van der Waals surface area (Å²) in [5, 5.41) is 0. The summed E-state index contributed by atoms with van der Waals surface area (Å²) in [6.45, 7) is 1.93. The zero-order chi connectivity index (χ0) is 7.11. The maximum atomic E-state index is 9.91. The van der Waals surface area contributed by atoms with Crippen LogP contribution < -0.4 is 0 Å². The average Bonchev–Trinajstić information content (AvgIpc) is 1.88. The number of carbonyl (C=O) groups excluding carboxylic acids is 2. The summed E-state index contributed by atoms with van der Waals surface area (Å²) in [4.78, 5) is 19.6. The van der Waals surface area contributed by atoms with Crippen molar-refractivity contribution in [2.24, 2.45) is 0 Å². The molecule has 9 heavy (non-hydrogen) atoms. The van der Waals surface area contributed by atoms with Gasteiger partial charge in [-0.1, -0.05) is 13.3 Å². The van der Waals surface area contributed by atoms with Gasteiger partial charge in [0.25, 0.3) is 0 Å². The van der Waals surface area contributed by atoms with Crippen molar-refractivity contribution >= 4 is 11.9 Å². The Morgan fingerprint density at radius 1 is 1.56 bits per heavy atom. The lowest BCUT2D eigenvalue weighted by molar-refractivity contribution is 0.564. The first-order valence-electron chi connectivity index (χ1n) is 2.80. The van der Waals surface area contributed by atoms with Crippen molar-refractivity contribution in [2.75, 3.05) is 0 Å². The van der Waals surface area contributed by atoms with Crippen molar-refractivity contribution in [1.82, 2.24) is 0 Å². The van der Waals surface area contributed by atoms with Crippen LogP contribution in [-0.2, 0) is 9.59 Å². The van der Waals surface area contributed by atoms with Crippen molar-refractivity contribution in [3.05, 3.63) is 11.6 Å². The monoisotopic (exact) mass is 124 g/mol. The first-order chi connectivity index (χ1) is 4.35. The molecule has 0 aromatic carbocycles. The predicted molar refractivity (Wildman–Crippen MR) is 34.4 cm³/mol. The van der Waals surface area contributed by atoms with Crippen molar-refractivity contribution in [3.63, 3.8) is 0 Å².